The number of hydrogen-bond donors (Lipinski definition) is 0. The lowest BCUT2D eigenvalue weighted by Gasteiger charge is -2.07. The van der Waals surface area contributed by atoms with E-state index in [0.29, 0.717) is 22.5 Å². The van der Waals surface area contributed by atoms with E-state index in [0.717, 1.165) is 0 Å². The van der Waals surface area contributed by atoms with Gasteiger partial charge in [0.25, 0.3) is 0 Å². The minimum atomic E-state index is 0.0651. The Morgan fingerprint density at radius 1 is 1.24 bits per heavy atom. The lowest BCUT2D eigenvalue weighted by Crippen LogP contribution is -1.95. The maximum Gasteiger partial charge on any atom is 0.178 e. The maximum atomic E-state index is 8.84. The molecule has 0 saturated heterocycles. The van der Waals surface area contributed by atoms with Crippen molar-refractivity contribution in [3.05, 3.63) is 23.0 Å². The van der Waals surface area contributed by atoms with Gasteiger partial charge in [0.2, 0.25) is 0 Å². The summed E-state index contributed by atoms with van der Waals surface area (Å²) in [6.07, 6.45) is 0. The Morgan fingerprint density at radius 3 is 2.59 bits per heavy atom. The predicted octanol–water partition coefficient (Wildman–Crippen LogP) is 2.17. The predicted molar refractivity (Wildman–Crippen MR) is 62.4 cm³/mol. The van der Waals surface area contributed by atoms with Gasteiger partial charge in [-0.3, -0.25) is 0 Å². The van der Waals surface area contributed by atoms with Crippen LogP contribution in [0.15, 0.2) is 12.1 Å². The Morgan fingerprint density at radius 2 is 2.00 bits per heavy atom. The SMILES string of the molecule is COc1cc(OC)c2nc(C#N)c(Cl)nc2c1. The van der Waals surface area contributed by atoms with Crippen molar-refractivity contribution in [2.75, 3.05) is 14.2 Å². The molecule has 0 aliphatic heterocycles. The second kappa shape index (κ2) is 4.44. The molecule has 0 fully saturated rings. The van der Waals surface area contributed by atoms with Crippen molar-refractivity contribution in [3.63, 3.8) is 0 Å². The van der Waals surface area contributed by atoms with Crippen LogP contribution in [0, 0.1) is 11.3 Å². The molecular weight excluding hydrogens is 242 g/mol. The highest BCUT2D eigenvalue weighted by molar-refractivity contribution is 6.30. The highest BCUT2D eigenvalue weighted by Gasteiger charge is 2.12. The van der Waals surface area contributed by atoms with Crippen LogP contribution in [0.25, 0.3) is 11.0 Å². The summed E-state index contributed by atoms with van der Waals surface area (Å²) in [5.74, 6) is 1.07. The quantitative estimate of drug-likeness (QED) is 0.816. The van der Waals surface area contributed by atoms with Crippen LogP contribution >= 0.6 is 11.6 Å². The normalized spacial score (nSPS) is 10.0. The van der Waals surface area contributed by atoms with Crippen molar-refractivity contribution in [1.29, 1.82) is 5.26 Å². The first-order valence-corrected chi connectivity index (χ1v) is 5.06. The van der Waals surface area contributed by atoms with Gasteiger partial charge in [-0.2, -0.15) is 5.26 Å². The number of benzene rings is 1. The third-order valence-electron chi connectivity index (χ3n) is 2.23. The number of aromatic nitrogens is 2. The molecule has 2 rings (SSSR count). The molecular formula is C11H8ClN3O2. The molecule has 5 nitrogen and oxygen atoms in total. The number of hydrogen-bond acceptors (Lipinski definition) is 5. The average molecular weight is 250 g/mol. The lowest BCUT2D eigenvalue weighted by molar-refractivity contribution is 0.397. The van der Waals surface area contributed by atoms with Crippen molar-refractivity contribution < 1.29 is 9.47 Å². The van der Waals surface area contributed by atoms with Crippen LogP contribution in [0.4, 0.5) is 0 Å². The summed E-state index contributed by atoms with van der Waals surface area (Å²) in [6.45, 7) is 0. The fourth-order valence-electron chi connectivity index (χ4n) is 1.43. The van der Waals surface area contributed by atoms with Crippen LogP contribution in [0.1, 0.15) is 5.69 Å². The van der Waals surface area contributed by atoms with Crippen molar-refractivity contribution in [2.24, 2.45) is 0 Å². The zero-order chi connectivity index (χ0) is 12.4. The number of rotatable bonds is 2. The topological polar surface area (TPSA) is 68.0 Å². The van der Waals surface area contributed by atoms with Crippen LogP contribution < -0.4 is 9.47 Å². The van der Waals surface area contributed by atoms with E-state index in [-0.39, 0.29) is 10.8 Å². The molecule has 0 aliphatic rings. The van der Waals surface area contributed by atoms with Crippen molar-refractivity contribution in [3.8, 4) is 17.6 Å². The molecule has 86 valence electrons. The van der Waals surface area contributed by atoms with Gasteiger partial charge in [0, 0.05) is 12.1 Å². The zero-order valence-corrected chi connectivity index (χ0v) is 9.95. The molecule has 0 unspecified atom stereocenters. The highest BCUT2D eigenvalue weighted by Crippen LogP contribution is 2.30. The molecule has 1 aromatic carbocycles. The van der Waals surface area contributed by atoms with E-state index in [1.807, 2.05) is 6.07 Å². The summed E-state index contributed by atoms with van der Waals surface area (Å²) in [5, 5.41) is 8.90. The van der Waals surface area contributed by atoms with E-state index in [9.17, 15) is 0 Å². The highest BCUT2D eigenvalue weighted by atomic mass is 35.5. The van der Waals surface area contributed by atoms with Crippen LogP contribution in [-0.2, 0) is 0 Å². The largest absolute Gasteiger partial charge is 0.497 e. The van der Waals surface area contributed by atoms with Gasteiger partial charge in [-0.25, -0.2) is 9.97 Å². The van der Waals surface area contributed by atoms with Gasteiger partial charge in [0.15, 0.2) is 10.8 Å². The van der Waals surface area contributed by atoms with Crippen LogP contribution in [0.5, 0.6) is 11.5 Å². The molecule has 1 aromatic heterocycles. The third kappa shape index (κ3) is 1.95. The van der Waals surface area contributed by atoms with E-state index < -0.39 is 0 Å². The molecule has 0 atom stereocenters. The van der Waals surface area contributed by atoms with Crippen LogP contribution in [0.2, 0.25) is 5.15 Å². The number of fused-ring (bicyclic) bond motifs is 1. The molecule has 0 bridgehead atoms. The fourth-order valence-corrected chi connectivity index (χ4v) is 1.60. The summed E-state index contributed by atoms with van der Waals surface area (Å²) in [5.41, 5.74) is 1.07. The zero-order valence-electron chi connectivity index (χ0n) is 9.19. The van der Waals surface area contributed by atoms with E-state index in [2.05, 4.69) is 9.97 Å². The van der Waals surface area contributed by atoms with E-state index in [4.69, 9.17) is 26.3 Å². The standard InChI is InChI=1S/C11H8ClN3O2/c1-16-6-3-7-10(9(4-6)17-2)14-8(5-13)11(12)15-7/h3-4H,1-2H3. The van der Waals surface area contributed by atoms with E-state index >= 15 is 0 Å². The third-order valence-corrected chi connectivity index (χ3v) is 2.49. The molecule has 6 heteroatoms. The molecule has 0 radical (unpaired) electrons. The molecule has 17 heavy (non-hydrogen) atoms. The molecule has 0 amide bonds. The maximum absolute atomic E-state index is 8.84. The Labute approximate surface area is 103 Å². The van der Waals surface area contributed by atoms with Crippen LogP contribution in [-0.4, -0.2) is 24.2 Å². The Bertz CT molecular complexity index is 622. The fraction of sp³-hybridized carbons (Fsp3) is 0.182. The first kappa shape index (κ1) is 11.4. The minimum Gasteiger partial charge on any atom is -0.497 e. The minimum absolute atomic E-state index is 0.0651. The Hall–Kier alpha value is -2.06. The number of nitriles is 1. The van der Waals surface area contributed by atoms with Crippen molar-refractivity contribution >= 4 is 22.6 Å². The van der Waals surface area contributed by atoms with Gasteiger partial charge in [-0.05, 0) is 0 Å². The Balaban J connectivity index is 2.81. The number of methoxy groups -OCH3 is 2. The lowest BCUT2D eigenvalue weighted by atomic mass is 10.2. The van der Waals surface area contributed by atoms with Crippen molar-refractivity contribution in [2.45, 2.75) is 0 Å². The number of halogens is 1. The van der Waals surface area contributed by atoms with Gasteiger partial charge in [-0.1, -0.05) is 11.6 Å². The van der Waals surface area contributed by atoms with Crippen molar-refractivity contribution in [1.82, 2.24) is 9.97 Å². The monoisotopic (exact) mass is 249 g/mol. The van der Waals surface area contributed by atoms with Gasteiger partial charge in [0.1, 0.15) is 23.1 Å². The van der Waals surface area contributed by atoms with E-state index in [1.54, 1.807) is 19.2 Å². The molecule has 0 spiro atoms. The average Bonchev–Trinajstić information content (AvgIpc) is 2.36. The molecule has 2 aromatic rings. The van der Waals surface area contributed by atoms with Gasteiger partial charge < -0.3 is 9.47 Å². The van der Waals surface area contributed by atoms with Gasteiger partial charge >= 0.3 is 0 Å². The second-order valence-electron chi connectivity index (χ2n) is 3.17. The Kier molecular flexibility index (Phi) is 2.98. The van der Waals surface area contributed by atoms with Gasteiger partial charge in [-0.15, -0.1) is 0 Å². The first-order valence-electron chi connectivity index (χ1n) is 4.69. The molecule has 0 aliphatic carbocycles. The first-order chi connectivity index (χ1) is 8.19. The summed E-state index contributed by atoms with van der Waals surface area (Å²) in [6, 6.07) is 5.23. The van der Waals surface area contributed by atoms with E-state index in [1.165, 1.54) is 7.11 Å². The summed E-state index contributed by atoms with van der Waals surface area (Å²) < 4.78 is 10.3. The molecule has 0 saturated carbocycles. The van der Waals surface area contributed by atoms with Gasteiger partial charge in [0.05, 0.1) is 19.7 Å². The smallest absolute Gasteiger partial charge is 0.178 e. The summed E-state index contributed by atoms with van der Waals surface area (Å²) in [7, 11) is 3.05. The molecule has 1 heterocycles. The molecule has 0 N–H and O–H groups in total. The van der Waals surface area contributed by atoms with Crippen LogP contribution in [0.3, 0.4) is 0 Å². The number of ether oxygens (including phenoxy) is 2. The summed E-state index contributed by atoms with van der Waals surface area (Å²) >= 11 is 5.82. The summed E-state index contributed by atoms with van der Waals surface area (Å²) in [4.78, 5) is 8.19. The number of nitrogens with zero attached hydrogens (tertiary/aromatic N) is 3. The second-order valence-corrected chi connectivity index (χ2v) is 3.53.